The number of nitrogens with zero attached hydrogens (tertiary/aromatic N) is 1. The number of halogens is 1. The highest BCUT2D eigenvalue weighted by Gasteiger charge is 2.11. The van der Waals surface area contributed by atoms with Gasteiger partial charge in [0, 0.05) is 23.1 Å². The Morgan fingerprint density at radius 2 is 2.05 bits per heavy atom. The van der Waals surface area contributed by atoms with Crippen LogP contribution < -0.4 is 11.5 Å². The molecule has 1 heterocycles. The number of rotatable bonds is 5. The molecule has 2 rings (SSSR count). The average Bonchev–Trinajstić information content (AvgIpc) is 2.67. The molecule has 4 N–H and O–H groups in total. The Morgan fingerprint density at radius 3 is 2.68 bits per heavy atom. The molecule has 0 bridgehead atoms. The molecule has 19 heavy (non-hydrogen) atoms. The van der Waals surface area contributed by atoms with Crippen LogP contribution in [-0.2, 0) is 17.8 Å². The van der Waals surface area contributed by atoms with Gasteiger partial charge in [0.25, 0.3) is 0 Å². The number of benzene rings is 1. The Kier molecular flexibility index (Phi) is 5.39. The second kappa shape index (κ2) is 6.59. The Hall–Kier alpha value is -1.52. The summed E-state index contributed by atoms with van der Waals surface area (Å²) in [6.45, 7) is 2.29. The molecule has 0 saturated carbocycles. The number of hydrogen-bond acceptors (Lipinski definition) is 2. The van der Waals surface area contributed by atoms with Gasteiger partial charge in [0.05, 0.1) is 0 Å². The first kappa shape index (κ1) is 15.5. The lowest BCUT2D eigenvalue weighted by Gasteiger charge is -2.06. The fourth-order valence-electron chi connectivity index (χ4n) is 2.21. The highest BCUT2D eigenvalue weighted by molar-refractivity contribution is 5.86. The molecule has 0 saturated heterocycles. The number of amides is 1. The largest absolute Gasteiger partial charge is 0.368 e. The number of hydrogen-bond donors (Lipinski definition) is 2. The van der Waals surface area contributed by atoms with Crippen molar-refractivity contribution >= 4 is 29.2 Å². The van der Waals surface area contributed by atoms with Gasteiger partial charge in [0.1, 0.15) is 6.54 Å². The Balaban J connectivity index is 0.00000180. The fraction of sp³-hybridized carbons (Fsp3) is 0.357. The Morgan fingerprint density at radius 1 is 1.37 bits per heavy atom. The van der Waals surface area contributed by atoms with Crippen molar-refractivity contribution in [3.05, 3.63) is 36.0 Å². The zero-order valence-electron chi connectivity index (χ0n) is 11.0. The molecule has 5 heteroatoms. The highest BCUT2D eigenvalue weighted by atomic mass is 35.5. The monoisotopic (exact) mass is 281 g/mol. The minimum absolute atomic E-state index is 0. The lowest BCUT2D eigenvalue weighted by atomic mass is 10.0. The van der Waals surface area contributed by atoms with E-state index in [1.165, 1.54) is 5.56 Å². The van der Waals surface area contributed by atoms with Gasteiger partial charge in [-0.15, -0.1) is 12.4 Å². The van der Waals surface area contributed by atoms with Gasteiger partial charge in [0.2, 0.25) is 5.91 Å². The fourth-order valence-corrected chi connectivity index (χ4v) is 2.21. The van der Waals surface area contributed by atoms with Crippen LogP contribution in [-0.4, -0.2) is 16.5 Å². The van der Waals surface area contributed by atoms with Crippen LogP contribution in [0.2, 0.25) is 0 Å². The van der Waals surface area contributed by atoms with E-state index < -0.39 is 0 Å². The number of nitrogens with two attached hydrogens (primary N) is 2. The number of fused-ring (bicyclic) bond motifs is 1. The summed E-state index contributed by atoms with van der Waals surface area (Å²) >= 11 is 0. The first-order chi connectivity index (χ1) is 8.61. The standard InChI is InChI=1S/C14H19N3O.ClH/c1-2-11(15)7-10-8-17(9-14(16)18)13-6-4-3-5-12(10)13;/h3-6,8,11H,2,7,9,15H2,1H3,(H2,16,18);1H. The van der Waals surface area contributed by atoms with E-state index in [0.717, 1.165) is 23.7 Å². The number of carbonyl (C=O) groups excluding carboxylic acids is 1. The lowest BCUT2D eigenvalue weighted by molar-refractivity contribution is -0.118. The van der Waals surface area contributed by atoms with Crippen molar-refractivity contribution in [2.45, 2.75) is 32.4 Å². The molecular weight excluding hydrogens is 262 g/mol. The van der Waals surface area contributed by atoms with E-state index in [2.05, 4.69) is 13.0 Å². The summed E-state index contributed by atoms with van der Waals surface area (Å²) in [5.74, 6) is -0.331. The molecule has 1 atom stereocenters. The molecule has 1 unspecified atom stereocenters. The molecule has 0 aliphatic rings. The minimum atomic E-state index is -0.331. The first-order valence-corrected chi connectivity index (χ1v) is 6.22. The normalized spacial score (nSPS) is 12.1. The number of para-hydroxylation sites is 1. The third kappa shape index (κ3) is 3.49. The van der Waals surface area contributed by atoms with Gasteiger partial charge in [-0.05, 0) is 24.5 Å². The van der Waals surface area contributed by atoms with Crippen molar-refractivity contribution < 1.29 is 4.79 Å². The van der Waals surface area contributed by atoms with E-state index >= 15 is 0 Å². The summed E-state index contributed by atoms with van der Waals surface area (Å²) in [6.07, 6.45) is 3.75. The quantitative estimate of drug-likeness (QED) is 0.877. The maximum absolute atomic E-state index is 11.1. The predicted octanol–water partition coefficient (Wildman–Crippen LogP) is 1.83. The Labute approximate surface area is 119 Å². The minimum Gasteiger partial charge on any atom is -0.368 e. The third-order valence-corrected chi connectivity index (χ3v) is 3.20. The summed E-state index contributed by atoms with van der Waals surface area (Å²) in [5.41, 5.74) is 13.5. The van der Waals surface area contributed by atoms with Crippen LogP contribution in [0.1, 0.15) is 18.9 Å². The molecule has 1 amide bonds. The van der Waals surface area contributed by atoms with E-state index in [9.17, 15) is 4.79 Å². The second-order valence-corrected chi connectivity index (χ2v) is 4.64. The number of primary amides is 1. The molecule has 4 nitrogen and oxygen atoms in total. The van der Waals surface area contributed by atoms with Gasteiger partial charge < -0.3 is 16.0 Å². The third-order valence-electron chi connectivity index (χ3n) is 3.20. The van der Waals surface area contributed by atoms with Crippen LogP contribution in [0.3, 0.4) is 0 Å². The molecule has 1 aromatic heterocycles. The number of carbonyl (C=O) groups is 1. The van der Waals surface area contributed by atoms with E-state index in [-0.39, 0.29) is 30.9 Å². The summed E-state index contributed by atoms with van der Waals surface area (Å²) < 4.78 is 1.90. The van der Waals surface area contributed by atoms with Crippen molar-refractivity contribution in [2.75, 3.05) is 0 Å². The van der Waals surface area contributed by atoms with Crippen LogP contribution in [0.15, 0.2) is 30.5 Å². The van der Waals surface area contributed by atoms with Crippen LogP contribution >= 0.6 is 12.4 Å². The molecule has 1 aromatic carbocycles. The van der Waals surface area contributed by atoms with E-state index in [1.807, 2.05) is 29.0 Å². The van der Waals surface area contributed by atoms with Gasteiger partial charge in [-0.2, -0.15) is 0 Å². The summed E-state index contributed by atoms with van der Waals surface area (Å²) in [7, 11) is 0. The van der Waals surface area contributed by atoms with E-state index in [0.29, 0.717) is 0 Å². The Bertz CT molecular complexity index is 565. The maximum atomic E-state index is 11.1. The van der Waals surface area contributed by atoms with Gasteiger partial charge >= 0.3 is 0 Å². The van der Waals surface area contributed by atoms with Crippen molar-refractivity contribution in [3.8, 4) is 0 Å². The molecule has 0 aliphatic heterocycles. The summed E-state index contributed by atoms with van der Waals surface area (Å²) in [4.78, 5) is 11.1. The SMILES string of the molecule is CCC(N)Cc1cn(CC(N)=O)c2ccccc12.Cl. The average molecular weight is 282 g/mol. The van der Waals surface area contributed by atoms with E-state index in [1.54, 1.807) is 0 Å². The lowest BCUT2D eigenvalue weighted by Crippen LogP contribution is -2.21. The zero-order valence-corrected chi connectivity index (χ0v) is 11.8. The molecule has 0 aliphatic carbocycles. The van der Waals surface area contributed by atoms with Gasteiger partial charge in [-0.1, -0.05) is 25.1 Å². The van der Waals surface area contributed by atoms with Gasteiger partial charge in [-0.25, -0.2) is 0 Å². The van der Waals surface area contributed by atoms with Crippen LogP contribution in [0.25, 0.3) is 10.9 Å². The molecule has 0 spiro atoms. The molecule has 0 radical (unpaired) electrons. The smallest absolute Gasteiger partial charge is 0.237 e. The van der Waals surface area contributed by atoms with Crippen molar-refractivity contribution in [2.24, 2.45) is 11.5 Å². The van der Waals surface area contributed by atoms with Crippen LogP contribution in [0.5, 0.6) is 0 Å². The first-order valence-electron chi connectivity index (χ1n) is 6.22. The van der Waals surface area contributed by atoms with Crippen molar-refractivity contribution in [1.82, 2.24) is 4.57 Å². The molecule has 104 valence electrons. The van der Waals surface area contributed by atoms with Crippen LogP contribution in [0.4, 0.5) is 0 Å². The highest BCUT2D eigenvalue weighted by Crippen LogP contribution is 2.22. The maximum Gasteiger partial charge on any atom is 0.237 e. The van der Waals surface area contributed by atoms with Crippen molar-refractivity contribution in [3.63, 3.8) is 0 Å². The molecule has 2 aromatic rings. The zero-order chi connectivity index (χ0) is 13.1. The molecular formula is C14H20ClN3O. The number of aromatic nitrogens is 1. The van der Waals surface area contributed by atoms with Crippen molar-refractivity contribution in [1.29, 1.82) is 0 Å². The second-order valence-electron chi connectivity index (χ2n) is 4.64. The summed E-state index contributed by atoms with van der Waals surface area (Å²) in [5, 5.41) is 1.16. The molecule has 0 fully saturated rings. The van der Waals surface area contributed by atoms with Gasteiger partial charge in [0.15, 0.2) is 0 Å². The van der Waals surface area contributed by atoms with Gasteiger partial charge in [-0.3, -0.25) is 4.79 Å². The predicted molar refractivity (Wildman–Crippen MR) is 80.4 cm³/mol. The summed E-state index contributed by atoms with van der Waals surface area (Å²) in [6, 6.07) is 8.17. The van der Waals surface area contributed by atoms with Crippen LogP contribution in [0, 0.1) is 0 Å². The van der Waals surface area contributed by atoms with E-state index in [4.69, 9.17) is 11.5 Å². The topological polar surface area (TPSA) is 74.0 Å².